The van der Waals surface area contributed by atoms with Crippen molar-refractivity contribution < 1.29 is 4.74 Å². The molecule has 2 unspecified atom stereocenters. The van der Waals surface area contributed by atoms with Gasteiger partial charge in [-0.1, -0.05) is 23.8 Å². The van der Waals surface area contributed by atoms with E-state index in [-0.39, 0.29) is 23.2 Å². The second-order valence-corrected chi connectivity index (χ2v) is 4.52. The lowest BCUT2D eigenvalue weighted by molar-refractivity contribution is 0.134. The molecular formula is C11H12ClN5O. The molecule has 0 radical (unpaired) electrons. The highest BCUT2D eigenvalue weighted by Gasteiger charge is 2.22. The van der Waals surface area contributed by atoms with Crippen LogP contribution in [0.2, 0.25) is 5.15 Å². The number of imidazole rings is 1. The average Bonchev–Trinajstić information content (AvgIpc) is 2.93. The van der Waals surface area contributed by atoms with Crippen molar-refractivity contribution in [3.8, 4) is 0 Å². The molecule has 2 heterocycles. The van der Waals surface area contributed by atoms with E-state index in [1.807, 2.05) is 10.6 Å². The van der Waals surface area contributed by atoms with E-state index in [1.165, 1.54) is 0 Å². The van der Waals surface area contributed by atoms with Gasteiger partial charge in [0.1, 0.15) is 5.52 Å². The van der Waals surface area contributed by atoms with Crippen molar-refractivity contribution in [3.63, 3.8) is 0 Å². The Morgan fingerprint density at radius 2 is 2.28 bits per heavy atom. The summed E-state index contributed by atoms with van der Waals surface area (Å²) in [6, 6.07) is 0.158. The van der Waals surface area contributed by atoms with Crippen molar-refractivity contribution >= 4 is 28.7 Å². The molecule has 0 saturated heterocycles. The molecule has 0 bridgehead atoms. The summed E-state index contributed by atoms with van der Waals surface area (Å²) >= 11 is 5.99. The molecule has 6 nitrogen and oxygen atoms in total. The predicted molar refractivity (Wildman–Crippen MR) is 68.3 cm³/mol. The molecule has 0 saturated carbocycles. The minimum atomic E-state index is 0.127. The maximum Gasteiger partial charge on any atom is 0.223 e. The summed E-state index contributed by atoms with van der Waals surface area (Å²) in [5.41, 5.74) is 6.84. The smallest absolute Gasteiger partial charge is 0.223 e. The molecule has 2 N–H and O–H groups in total. The standard InChI is InChI=1S/C11H12ClN5O/c1-18-7-3-2-6(4-7)17-5-14-8-9(12)15-11(13)16-10(8)17/h2-3,5-7H,4H2,1H3,(H2,13,15,16). The van der Waals surface area contributed by atoms with Crippen LogP contribution < -0.4 is 5.73 Å². The van der Waals surface area contributed by atoms with Gasteiger partial charge in [-0.05, 0) is 0 Å². The lowest BCUT2D eigenvalue weighted by Gasteiger charge is -2.12. The number of methoxy groups -OCH3 is 1. The van der Waals surface area contributed by atoms with Crippen LogP contribution in [-0.4, -0.2) is 32.7 Å². The molecule has 2 aromatic rings. The number of rotatable bonds is 2. The Labute approximate surface area is 108 Å². The summed E-state index contributed by atoms with van der Waals surface area (Å²) in [6.07, 6.45) is 6.79. The Balaban J connectivity index is 2.06. The topological polar surface area (TPSA) is 78.8 Å². The highest BCUT2D eigenvalue weighted by Crippen LogP contribution is 2.29. The van der Waals surface area contributed by atoms with E-state index in [0.29, 0.717) is 11.2 Å². The Kier molecular flexibility index (Phi) is 2.68. The summed E-state index contributed by atoms with van der Waals surface area (Å²) in [7, 11) is 1.69. The first-order valence-corrected chi connectivity index (χ1v) is 5.93. The number of hydrogen-bond donors (Lipinski definition) is 1. The van der Waals surface area contributed by atoms with Crippen LogP contribution in [-0.2, 0) is 4.74 Å². The lowest BCUT2D eigenvalue weighted by Crippen LogP contribution is -2.10. The molecule has 2 aromatic heterocycles. The van der Waals surface area contributed by atoms with Gasteiger partial charge in [-0.15, -0.1) is 0 Å². The zero-order chi connectivity index (χ0) is 12.7. The summed E-state index contributed by atoms with van der Waals surface area (Å²) in [6.45, 7) is 0. The molecule has 0 aliphatic heterocycles. The van der Waals surface area contributed by atoms with Gasteiger partial charge in [0, 0.05) is 13.5 Å². The fraction of sp³-hybridized carbons (Fsp3) is 0.364. The Hall–Kier alpha value is -1.66. The van der Waals surface area contributed by atoms with Crippen LogP contribution in [0.1, 0.15) is 12.5 Å². The van der Waals surface area contributed by atoms with Gasteiger partial charge in [0.05, 0.1) is 18.5 Å². The third-order valence-electron chi connectivity index (χ3n) is 3.08. The second kappa shape index (κ2) is 4.22. The quantitative estimate of drug-likeness (QED) is 0.659. The molecule has 0 amide bonds. The number of ether oxygens (including phenoxy) is 1. The molecule has 7 heteroatoms. The maximum absolute atomic E-state index is 5.99. The molecule has 0 aromatic carbocycles. The first-order valence-electron chi connectivity index (χ1n) is 5.55. The number of nitrogen functional groups attached to an aromatic ring is 1. The first-order chi connectivity index (χ1) is 8.69. The van der Waals surface area contributed by atoms with E-state index in [9.17, 15) is 0 Å². The molecular weight excluding hydrogens is 254 g/mol. The number of nitrogens with two attached hydrogens (primary N) is 1. The van der Waals surface area contributed by atoms with Gasteiger partial charge >= 0.3 is 0 Å². The second-order valence-electron chi connectivity index (χ2n) is 4.16. The van der Waals surface area contributed by atoms with Gasteiger partial charge < -0.3 is 15.0 Å². The van der Waals surface area contributed by atoms with Crippen LogP contribution in [0.5, 0.6) is 0 Å². The number of hydrogen-bond acceptors (Lipinski definition) is 5. The predicted octanol–water partition coefficient (Wildman–Crippen LogP) is 1.58. The van der Waals surface area contributed by atoms with Crippen LogP contribution in [0.3, 0.4) is 0 Å². The minimum absolute atomic E-state index is 0.127. The first kappa shape index (κ1) is 11.4. The highest BCUT2D eigenvalue weighted by molar-refractivity contribution is 6.33. The largest absolute Gasteiger partial charge is 0.377 e. The van der Waals surface area contributed by atoms with Crippen molar-refractivity contribution in [2.45, 2.75) is 18.6 Å². The number of anilines is 1. The van der Waals surface area contributed by atoms with Crippen LogP contribution >= 0.6 is 11.6 Å². The average molecular weight is 266 g/mol. The molecule has 0 fully saturated rings. The van der Waals surface area contributed by atoms with E-state index >= 15 is 0 Å². The van der Waals surface area contributed by atoms with E-state index < -0.39 is 0 Å². The maximum atomic E-state index is 5.99. The number of allylic oxidation sites excluding steroid dienone is 1. The van der Waals surface area contributed by atoms with Gasteiger partial charge in [0.2, 0.25) is 5.95 Å². The van der Waals surface area contributed by atoms with Crippen LogP contribution in [0.15, 0.2) is 18.5 Å². The fourth-order valence-corrected chi connectivity index (χ4v) is 2.39. The summed E-state index contributed by atoms with van der Waals surface area (Å²) < 4.78 is 7.23. The van der Waals surface area contributed by atoms with E-state index in [1.54, 1.807) is 13.4 Å². The molecule has 18 heavy (non-hydrogen) atoms. The third kappa shape index (κ3) is 1.74. The van der Waals surface area contributed by atoms with Crippen molar-refractivity contribution in [1.82, 2.24) is 19.5 Å². The molecule has 2 atom stereocenters. The third-order valence-corrected chi connectivity index (χ3v) is 3.34. The molecule has 1 aliphatic rings. The Morgan fingerprint density at radius 3 is 3.00 bits per heavy atom. The molecule has 0 spiro atoms. The summed E-state index contributed by atoms with van der Waals surface area (Å²) in [4.78, 5) is 12.3. The number of halogens is 1. The lowest BCUT2D eigenvalue weighted by atomic mass is 10.2. The zero-order valence-electron chi connectivity index (χ0n) is 9.75. The number of nitrogens with zero attached hydrogens (tertiary/aromatic N) is 4. The SMILES string of the molecule is COC1C=CC(n2cnc3c(Cl)nc(N)nc32)C1. The van der Waals surface area contributed by atoms with Gasteiger partial charge in [0.15, 0.2) is 10.8 Å². The highest BCUT2D eigenvalue weighted by atomic mass is 35.5. The van der Waals surface area contributed by atoms with Crippen molar-refractivity contribution in [2.24, 2.45) is 0 Å². The van der Waals surface area contributed by atoms with Gasteiger partial charge in [-0.3, -0.25) is 0 Å². The van der Waals surface area contributed by atoms with E-state index in [4.69, 9.17) is 22.1 Å². The Morgan fingerprint density at radius 1 is 1.44 bits per heavy atom. The van der Waals surface area contributed by atoms with E-state index in [2.05, 4.69) is 21.0 Å². The summed E-state index contributed by atoms with van der Waals surface area (Å²) in [5.74, 6) is 0.152. The Bertz CT molecular complexity index is 623. The molecule has 94 valence electrons. The van der Waals surface area contributed by atoms with E-state index in [0.717, 1.165) is 6.42 Å². The number of aromatic nitrogens is 4. The monoisotopic (exact) mass is 265 g/mol. The van der Waals surface area contributed by atoms with Crippen molar-refractivity contribution in [2.75, 3.05) is 12.8 Å². The summed E-state index contributed by atoms with van der Waals surface area (Å²) in [5, 5.41) is 0.279. The minimum Gasteiger partial charge on any atom is -0.377 e. The molecule has 3 rings (SSSR count). The van der Waals surface area contributed by atoms with Gasteiger partial charge in [-0.25, -0.2) is 4.98 Å². The van der Waals surface area contributed by atoms with Gasteiger partial charge in [0.25, 0.3) is 0 Å². The van der Waals surface area contributed by atoms with Crippen LogP contribution in [0.4, 0.5) is 5.95 Å². The fourth-order valence-electron chi connectivity index (χ4n) is 2.17. The van der Waals surface area contributed by atoms with Crippen molar-refractivity contribution in [1.29, 1.82) is 0 Å². The van der Waals surface area contributed by atoms with Crippen molar-refractivity contribution in [3.05, 3.63) is 23.6 Å². The molecule has 1 aliphatic carbocycles. The van der Waals surface area contributed by atoms with Crippen LogP contribution in [0, 0.1) is 0 Å². The zero-order valence-corrected chi connectivity index (χ0v) is 10.5. The normalized spacial score (nSPS) is 23.0. The number of fused-ring (bicyclic) bond motifs is 1. The van der Waals surface area contributed by atoms with Gasteiger partial charge in [-0.2, -0.15) is 9.97 Å². The van der Waals surface area contributed by atoms with Crippen LogP contribution in [0.25, 0.3) is 11.2 Å².